The van der Waals surface area contributed by atoms with E-state index in [1.54, 1.807) is 48.5 Å². The van der Waals surface area contributed by atoms with E-state index in [0.29, 0.717) is 41.4 Å². The number of likely N-dealkylation sites (N-methyl/N-ethyl adjacent to an activating group) is 1. The molecule has 8 nitrogen and oxygen atoms in total. The molecule has 170 valence electrons. The lowest BCUT2D eigenvalue weighted by atomic mass is 9.95. The van der Waals surface area contributed by atoms with Crippen LogP contribution in [0.5, 0.6) is 11.5 Å². The minimum atomic E-state index is -3.34. The monoisotopic (exact) mass is 465 g/mol. The Kier molecular flexibility index (Phi) is 5.90. The van der Waals surface area contributed by atoms with Crippen molar-refractivity contribution >= 4 is 27.5 Å². The molecule has 0 unspecified atom stereocenters. The van der Waals surface area contributed by atoms with Gasteiger partial charge in [-0.15, -0.1) is 0 Å². The van der Waals surface area contributed by atoms with Crippen molar-refractivity contribution in [3.63, 3.8) is 0 Å². The second kappa shape index (κ2) is 8.67. The molecular formula is C24H23N3O5S. The number of aromatic nitrogens is 1. The van der Waals surface area contributed by atoms with Gasteiger partial charge in [-0.05, 0) is 61.4 Å². The molecule has 2 amide bonds. The van der Waals surface area contributed by atoms with Gasteiger partial charge in [-0.3, -0.25) is 9.59 Å². The van der Waals surface area contributed by atoms with E-state index in [4.69, 9.17) is 4.74 Å². The van der Waals surface area contributed by atoms with Crippen LogP contribution < -0.4 is 10.1 Å². The first kappa shape index (κ1) is 22.5. The lowest BCUT2D eigenvalue weighted by Crippen LogP contribution is -2.34. The summed E-state index contributed by atoms with van der Waals surface area (Å²) >= 11 is 0. The molecule has 2 heterocycles. The first-order valence-electron chi connectivity index (χ1n) is 10.3. The van der Waals surface area contributed by atoms with Gasteiger partial charge in [0, 0.05) is 42.7 Å². The molecule has 2 aromatic carbocycles. The van der Waals surface area contributed by atoms with E-state index >= 15 is 0 Å². The average Bonchev–Trinajstić information content (AvgIpc) is 2.77. The minimum Gasteiger partial charge on any atom is -0.457 e. The van der Waals surface area contributed by atoms with E-state index in [0.717, 1.165) is 11.8 Å². The number of hydrogen-bond donors (Lipinski definition) is 1. The van der Waals surface area contributed by atoms with E-state index in [2.05, 4.69) is 10.3 Å². The van der Waals surface area contributed by atoms with Crippen molar-refractivity contribution in [1.29, 1.82) is 0 Å². The molecule has 4 rings (SSSR count). The van der Waals surface area contributed by atoms with E-state index < -0.39 is 15.7 Å². The number of pyridine rings is 1. The SMILES string of the molecule is Cc1ccc(NC(=O)c2cc(Oc3ccc(S(C)(=O)=O)cc3)c3c(c2)C(=O)N(C)CC3)nc1. The van der Waals surface area contributed by atoms with Crippen molar-refractivity contribution in [2.75, 3.05) is 25.2 Å². The average molecular weight is 466 g/mol. The number of rotatable bonds is 5. The molecule has 33 heavy (non-hydrogen) atoms. The molecule has 0 aliphatic carbocycles. The molecule has 1 N–H and O–H groups in total. The molecule has 0 radical (unpaired) electrons. The van der Waals surface area contributed by atoms with Gasteiger partial charge in [0.1, 0.15) is 17.3 Å². The van der Waals surface area contributed by atoms with E-state index in [1.807, 2.05) is 13.0 Å². The standard InChI is InChI=1S/C24H23N3O5S/c1-15-4-9-22(25-14-15)26-23(28)16-12-20-19(10-11-27(2)24(20)29)21(13-16)32-17-5-7-18(8-6-17)33(3,30)31/h4-9,12-14H,10-11H2,1-3H3,(H,25,26,28). The molecule has 0 saturated carbocycles. The smallest absolute Gasteiger partial charge is 0.256 e. The number of aryl methyl sites for hydroxylation is 1. The summed E-state index contributed by atoms with van der Waals surface area (Å²) in [6.07, 6.45) is 3.34. The Hall–Kier alpha value is -3.72. The Bertz CT molecular complexity index is 1330. The third-order valence-electron chi connectivity index (χ3n) is 5.38. The van der Waals surface area contributed by atoms with Crippen molar-refractivity contribution in [3.05, 3.63) is 77.0 Å². The number of fused-ring (bicyclic) bond motifs is 1. The maximum atomic E-state index is 12.9. The van der Waals surface area contributed by atoms with Gasteiger partial charge in [-0.2, -0.15) is 0 Å². The van der Waals surface area contributed by atoms with Crippen LogP contribution in [0.4, 0.5) is 5.82 Å². The van der Waals surface area contributed by atoms with E-state index in [1.165, 1.54) is 12.1 Å². The fourth-order valence-corrected chi connectivity index (χ4v) is 4.15. The number of nitrogens with one attached hydrogen (secondary N) is 1. The Labute approximate surface area is 192 Å². The summed E-state index contributed by atoms with van der Waals surface area (Å²) in [4.78, 5) is 31.7. The Morgan fingerprint density at radius 1 is 1.12 bits per heavy atom. The summed E-state index contributed by atoms with van der Waals surface area (Å²) in [7, 11) is -1.63. The first-order valence-corrected chi connectivity index (χ1v) is 12.2. The second-order valence-corrected chi connectivity index (χ2v) is 10.0. The fourth-order valence-electron chi connectivity index (χ4n) is 3.51. The lowest BCUT2D eigenvalue weighted by molar-refractivity contribution is 0.0779. The van der Waals surface area contributed by atoms with E-state index in [-0.39, 0.29) is 16.4 Å². The van der Waals surface area contributed by atoms with Gasteiger partial charge in [0.2, 0.25) is 0 Å². The quantitative estimate of drug-likeness (QED) is 0.619. The van der Waals surface area contributed by atoms with Crippen molar-refractivity contribution in [2.45, 2.75) is 18.2 Å². The highest BCUT2D eigenvalue weighted by Crippen LogP contribution is 2.33. The van der Waals surface area contributed by atoms with Crippen LogP contribution in [0.3, 0.4) is 0 Å². The summed E-state index contributed by atoms with van der Waals surface area (Å²) in [5.74, 6) is 0.548. The van der Waals surface area contributed by atoms with Crippen LogP contribution in [0.25, 0.3) is 0 Å². The summed E-state index contributed by atoms with van der Waals surface area (Å²) in [5, 5.41) is 2.74. The third-order valence-corrected chi connectivity index (χ3v) is 6.51. The molecular weight excluding hydrogens is 442 g/mol. The van der Waals surface area contributed by atoms with Gasteiger partial charge < -0.3 is 15.0 Å². The Balaban J connectivity index is 1.70. The van der Waals surface area contributed by atoms with Crippen LogP contribution in [0.1, 0.15) is 31.8 Å². The van der Waals surface area contributed by atoms with Gasteiger partial charge in [0.15, 0.2) is 9.84 Å². The number of ether oxygens (including phenoxy) is 1. The van der Waals surface area contributed by atoms with Gasteiger partial charge in [0.05, 0.1) is 4.90 Å². The summed E-state index contributed by atoms with van der Waals surface area (Å²) < 4.78 is 29.5. The highest BCUT2D eigenvalue weighted by molar-refractivity contribution is 7.90. The number of anilines is 1. The fraction of sp³-hybridized carbons (Fsp3) is 0.208. The summed E-state index contributed by atoms with van der Waals surface area (Å²) in [5.41, 5.74) is 2.32. The van der Waals surface area contributed by atoms with Gasteiger partial charge in [-0.25, -0.2) is 13.4 Å². The molecule has 1 aliphatic heterocycles. The van der Waals surface area contributed by atoms with Crippen LogP contribution >= 0.6 is 0 Å². The maximum Gasteiger partial charge on any atom is 0.256 e. The Morgan fingerprint density at radius 2 is 1.85 bits per heavy atom. The number of amides is 2. The molecule has 9 heteroatoms. The van der Waals surface area contributed by atoms with Crippen molar-refractivity contribution in [3.8, 4) is 11.5 Å². The highest BCUT2D eigenvalue weighted by Gasteiger charge is 2.27. The van der Waals surface area contributed by atoms with Gasteiger partial charge in [0.25, 0.3) is 11.8 Å². The maximum absolute atomic E-state index is 12.9. The number of sulfone groups is 1. The molecule has 0 atom stereocenters. The normalized spacial score (nSPS) is 13.4. The number of carbonyl (C=O) groups is 2. The van der Waals surface area contributed by atoms with Crippen molar-refractivity contribution in [1.82, 2.24) is 9.88 Å². The number of nitrogens with zero attached hydrogens (tertiary/aromatic N) is 2. The summed E-state index contributed by atoms with van der Waals surface area (Å²) in [6.45, 7) is 2.42. The van der Waals surface area contributed by atoms with Crippen LogP contribution in [0.15, 0.2) is 59.6 Å². The van der Waals surface area contributed by atoms with Crippen LogP contribution in [0.2, 0.25) is 0 Å². The molecule has 0 saturated heterocycles. The molecule has 3 aromatic rings. The minimum absolute atomic E-state index is 0.174. The summed E-state index contributed by atoms with van der Waals surface area (Å²) in [6, 6.07) is 12.7. The zero-order valence-electron chi connectivity index (χ0n) is 18.5. The van der Waals surface area contributed by atoms with Gasteiger partial charge in [-0.1, -0.05) is 6.07 Å². The zero-order chi connectivity index (χ0) is 23.8. The molecule has 0 spiro atoms. The first-order chi connectivity index (χ1) is 15.6. The van der Waals surface area contributed by atoms with Crippen LogP contribution in [-0.2, 0) is 16.3 Å². The topological polar surface area (TPSA) is 106 Å². The van der Waals surface area contributed by atoms with E-state index in [9.17, 15) is 18.0 Å². The van der Waals surface area contributed by atoms with Crippen molar-refractivity contribution in [2.24, 2.45) is 0 Å². The molecule has 0 bridgehead atoms. The Morgan fingerprint density at radius 3 is 2.48 bits per heavy atom. The highest BCUT2D eigenvalue weighted by atomic mass is 32.2. The largest absolute Gasteiger partial charge is 0.457 e. The molecule has 0 fully saturated rings. The second-order valence-electron chi connectivity index (χ2n) is 8.00. The number of benzene rings is 2. The molecule has 1 aliphatic rings. The van der Waals surface area contributed by atoms with Crippen LogP contribution in [0, 0.1) is 6.92 Å². The third kappa shape index (κ3) is 4.88. The number of carbonyl (C=O) groups excluding carboxylic acids is 2. The number of hydrogen-bond acceptors (Lipinski definition) is 6. The predicted molar refractivity (Wildman–Crippen MR) is 124 cm³/mol. The molecule has 1 aromatic heterocycles. The lowest BCUT2D eigenvalue weighted by Gasteiger charge is -2.27. The zero-order valence-corrected chi connectivity index (χ0v) is 19.3. The van der Waals surface area contributed by atoms with Gasteiger partial charge >= 0.3 is 0 Å². The van der Waals surface area contributed by atoms with Crippen molar-refractivity contribution < 1.29 is 22.7 Å². The predicted octanol–water partition coefficient (Wildman–Crippen LogP) is 3.47. The van der Waals surface area contributed by atoms with Crippen LogP contribution in [-0.4, -0.2) is 50.0 Å².